The Kier molecular flexibility index (Phi) is 7.64. The van der Waals surface area contributed by atoms with Crippen molar-refractivity contribution < 1.29 is 4.42 Å². The summed E-state index contributed by atoms with van der Waals surface area (Å²) in [5.41, 5.74) is 10.0. The summed E-state index contributed by atoms with van der Waals surface area (Å²) in [7, 11) is 0. The van der Waals surface area contributed by atoms with E-state index >= 15 is 0 Å². The van der Waals surface area contributed by atoms with Crippen molar-refractivity contribution >= 4 is 104 Å². The van der Waals surface area contributed by atoms with E-state index in [1.165, 1.54) is 81.3 Å². The molecular weight excluding hydrogens is 751 g/mol. The predicted octanol–water partition coefficient (Wildman–Crippen LogP) is 17.3. The largest absolute Gasteiger partial charge is 0.456 e. The number of benzene rings is 12. The normalized spacial score (nSPS) is 11.9. The zero-order chi connectivity index (χ0) is 40.7. The van der Waals surface area contributed by atoms with E-state index in [4.69, 9.17) is 4.42 Å². The Balaban J connectivity index is 1.12. The minimum atomic E-state index is 0.898. The number of hydrogen-bond acceptors (Lipinski definition) is 2. The Morgan fingerprint density at radius 3 is 1.39 bits per heavy atom. The third kappa shape index (κ3) is 5.23. The maximum Gasteiger partial charge on any atom is 0.136 e. The minimum Gasteiger partial charge on any atom is -0.456 e. The lowest BCUT2D eigenvalue weighted by Gasteiger charge is -2.30. The standard InChI is InChI=1S/C60H37NO/c1-2-18-41-36-53-52(35-40(41)17-1)59(42-31-32-48-47-25-11-12-30-57(47)62-58(48)37-42)49-26-9-10-27-50(49)60(53)51-33-34-56(46-24-8-7-23-45(46)51)61(54-28-13-19-38-15-3-5-21-43(38)54)55-29-14-20-39-16-4-6-22-44(39)55/h1-37H. The van der Waals surface area contributed by atoms with Crippen LogP contribution in [0.2, 0.25) is 0 Å². The molecule has 0 amide bonds. The Morgan fingerprint density at radius 2 is 0.726 bits per heavy atom. The smallest absolute Gasteiger partial charge is 0.136 e. The van der Waals surface area contributed by atoms with Crippen LogP contribution in [0, 0.1) is 0 Å². The third-order valence-electron chi connectivity index (χ3n) is 13.0. The summed E-state index contributed by atoms with van der Waals surface area (Å²) in [6.07, 6.45) is 0. The fourth-order valence-corrected chi connectivity index (χ4v) is 10.2. The number of hydrogen-bond donors (Lipinski definition) is 0. The molecule has 0 atom stereocenters. The highest BCUT2D eigenvalue weighted by molar-refractivity contribution is 6.26. The molecule has 0 saturated heterocycles. The van der Waals surface area contributed by atoms with Gasteiger partial charge in [-0.05, 0) is 119 Å². The van der Waals surface area contributed by atoms with Crippen LogP contribution in [0.1, 0.15) is 0 Å². The van der Waals surface area contributed by atoms with Crippen LogP contribution in [0.4, 0.5) is 17.1 Å². The summed E-state index contributed by atoms with van der Waals surface area (Å²) in [5, 5.41) is 16.8. The topological polar surface area (TPSA) is 16.4 Å². The van der Waals surface area contributed by atoms with E-state index in [9.17, 15) is 0 Å². The molecule has 62 heavy (non-hydrogen) atoms. The van der Waals surface area contributed by atoms with Gasteiger partial charge in [-0.1, -0.05) is 176 Å². The summed E-state index contributed by atoms with van der Waals surface area (Å²) >= 11 is 0. The highest BCUT2D eigenvalue weighted by Gasteiger charge is 2.24. The van der Waals surface area contributed by atoms with Gasteiger partial charge in [-0.3, -0.25) is 0 Å². The monoisotopic (exact) mass is 787 g/mol. The number of rotatable bonds is 5. The first-order valence-corrected chi connectivity index (χ1v) is 21.3. The van der Waals surface area contributed by atoms with Gasteiger partial charge in [0.1, 0.15) is 11.2 Å². The molecule has 0 aliphatic carbocycles. The second kappa shape index (κ2) is 13.7. The van der Waals surface area contributed by atoms with Crippen LogP contribution in [0.5, 0.6) is 0 Å². The van der Waals surface area contributed by atoms with Gasteiger partial charge in [0.05, 0.1) is 17.1 Å². The fourth-order valence-electron chi connectivity index (χ4n) is 10.2. The number of furan rings is 1. The van der Waals surface area contributed by atoms with Crippen LogP contribution in [0.25, 0.3) is 109 Å². The molecule has 0 unspecified atom stereocenters. The van der Waals surface area contributed by atoms with E-state index in [1.807, 2.05) is 6.07 Å². The molecule has 13 rings (SSSR count). The second-order valence-corrected chi connectivity index (χ2v) is 16.4. The Morgan fingerprint density at radius 1 is 0.258 bits per heavy atom. The fraction of sp³-hybridized carbons (Fsp3) is 0. The molecule has 13 aromatic rings. The summed E-state index contributed by atoms with van der Waals surface area (Å²) in [5.74, 6) is 0. The van der Waals surface area contributed by atoms with Gasteiger partial charge >= 0.3 is 0 Å². The molecule has 0 aliphatic heterocycles. The Labute approximate surface area is 358 Å². The molecule has 12 aromatic carbocycles. The Bertz CT molecular complexity index is 3860. The van der Waals surface area contributed by atoms with Crippen molar-refractivity contribution in [3.05, 3.63) is 224 Å². The molecule has 0 bridgehead atoms. The van der Waals surface area contributed by atoms with Gasteiger partial charge in [-0.25, -0.2) is 0 Å². The van der Waals surface area contributed by atoms with E-state index < -0.39 is 0 Å². The zero-order valence-electron chi connectivity index (χ0n) is 33.7. The van der Waals surface area contributed by atoms with Gasteiger partial charge < -0.3 is 9.32 Å². The van der Waals surface area contributed by atoms with Crippen LogP contribution in [0.15, 0.2) is 229 Å². The molecule has 1 aromatic heterocycles. The Hall–Kier alpha value is -8.20. The zero-order valence-corrected chi connectivity index (χ0v) is 33.7. The summed E-state index contributed by atoms with van der Waals surface area (Å²) in [4.78, 5) is 2.48. The second-order valence-electron chi connectivity index (χ2n) is 16.4. The van der Waals surface area contributed by atoms with Crippen LogP contribution < -0.4 is 4.90 Å². The van der Waals surface area contributed by atoms with Crippen molar-refractivity contribution in [2.45, 2.75) is 0 Å². The van der Waals surface area contributed by atoms with Gasteiger partial charge in [0, 0.05) is 26.9 Å². The van der Waals surface area contributed by atoms with Gasteiger partial charge in [0.15, 0.2) is 0 Å². The van der Waals surface area contributed by atoms with Crippen LogP contribution in [0.3, 0.4) is 0 Å². The van der Waals surface area contributed by atoms with Gasteiger partial charge in [-0.2, -0.15) is 0 Å². The van der Waals surface area contributed by atoms with Crippen molar-refractivity contribution in [1.82, 2.24) is 0 Å². The van der Waals surface area contributed by atoms with Gasteiger partial charge in [0.25, 0.3) is 0 Å². The summed E-state index contributed by atoms with van der Waals surface area (Å²) < 4.78 is 6.49. The van der Waals surface area contributed by atoms with E-state index in [1.54, 1.807) is 0 Å². The van der Waals surface area contributed by atoms with Gasteiger partial charge in [0.2, 0.25) is 0 Å². The van der Waals surface area contributed by atoms with Crippen LogP contribution in [-0.4, -0.2) is 0 Å². The molecule has 288 valence electrons. The van der Waals surface area contributed by atoms with E-state index in [2.05, 4.69) is 223 Å². The van der Waals surface area contributed by atoms with E-state index in [-0.39, 0.29) is 0 Å². The average molecular weight is 788 g/mol. The lowest BCUT2D eigenvalue weighted by atomic mass is 9.83. The first kappa shape index (κ1) is 34.6. The molecular formula is C60H37NO. The molecule has 0 spiro atoms. The van der Waals surface area contributed by atoms with E-state index in [0.717, 1.165) is 44.6 Å². The maximum absolute atomic E-state index is 6.49. The molecule has 2 nitrogen and oxygen atoms in total. The summed E-state index contributed by atoms with van der Waals surface area (Å²) in [6.45, 7) is 0. The average Bonchev–Trinajstić information content (AvgIpc) is 3.71. The summed E-state index contributed by atoms with van der Waals surface area (Å²) in [6, 6.07) is 82.1. The van der Waals surface area contributed by atoms with Crippen molar-refractivity contribution in [1.29, 1.82) is 0 Å². The minimum absolute atomic E-state index is 0.898. The van der Waals surface area contributed by atoms with Crippen molar-refractivity contribution in [3.63, 3.8) is 0 Å². The number of para-hydroxylation sites is 1. The lowest BCUT2D eigenvalue weighted by molar-refractivity contribution is 0.669. The SMILES string of the molecule is c1ccc2cc3c(-c4ccc(N(c5cccc6ccccc56)c5cccc6ccccc56)c5ccccc45)c4ccccc4c(-c4ccc5c(c4)oc4ccccc45)c3cc2c1. The molecule has 0 radical (unpaired) electrons. The highest BCUT2D eigenvalue weighted by Crippen LogP contribution is 2.50. The predicted molar refractivity (Wildman–Crippen MR) is 264 cm³/mol. The molecule has 1 heterocycles. The molecule has 0 N–H and O–H groups in total. The van der Waals surface area contributed by atoms with Crippen molar-refractivity contribution in [2.75, 3.05) is 4.90 Å². The first-order chi connectivity index (χ1) is 30.8. The van der Waals surface area contributed by atoms with Crippen LogP contribution in [-0.2, 0) is 0 Å². The maximum atomic E-state index is 6.49. The number of nitrogens with zero attached hydrogens (tertiary/aromatic N) is 1. The van der Waals surface area contributed by atoms with Crippen molar-refractivity contribution in [3.8, 4) is 22.3 Å². The highest BCUT2D eigenvalue weighted by atomic mass is 16.3. The first-order valence-electron chi connectivity index (χ1n) is 21.3. The molecule has 0 saturated carbocycles. The number of fused-ring (bicyclic) bond motifs is 9. The van der Waals surface area contributed by atoms with E-state index in [0.29, 0.717) is 0 Å². The molecule has 2 heteroatoms. The molecule has 0 aliphatic rings. The quantitative estimate of drug-likeness (QED) is 0.162. The number of anilines is 3. The van der Waals surface area contributed by atoms with Crippen molar-refractivity contribution in [2.24, 2.45) is 0 Å². The van der Waals surface area contributed by atoms with Crippen LogP contribution >= 0.6 is 0 Å². The third-order valence-corrected chi connectivity index (χ3v) is 13.0. The molecule has 0 fully saturated rings. The van der Waals surface area contributed by atoms with Gasteiger partial charge in [-0.15, -0.1) is 0 Å². The lowest BCUT2D eigenvalue weighted by Crippen LogP contribution is -2.11.